The van der Waals surface area contributed by atoms with Gasteiger partial charge in [0.15, 0.2) is 0 Å². The summed E-state index contributed by atoms with van der Waals surface area (Å²) in [7, 11) is 0. The van der Waals surface area contributed by atoms with Crippen molar-refractivity contribution < 1.29 is 9.90 Å². The van der Waals surface area contributed by atoms with Gasteiger partial charge >= 0.3 is 5.97 Å². The van der Waals surface area contributed by atoms with Crippen LogP contribution in [0, 0.1) is 0 Å². The second-order valence-corrected chi connectivity index (χ2v) is 4.10. The van der Waals surface area contributed by atoms with Gasteiger partial charge in [-0.3, -0.25) is 0 Å². The third-order valence-corrected chi connectivity index (χ3v) is 2.95. The van der Waals surface area contributed by atoms with Crippen LogP contribution in [0.1, 0.15) is 17.3 Å². The van der Waals surface area contributed by atoms with Gasteiger partial charge in [-0.05, 0) is 31.2 Å². The molecule has 4 heteroatoms. The van der Waals surface area contributed by atoms with Crippen LogP contribution in [-0.4, -0.2) is 36.8 Å². The molecule has 1 aliphatic heterocycles. The molecular formula is C12H16N2O2. The summed E-state index contributed by atoms with van der Waals surface area (Å²) in [6.07, 6.45) is 0. The van der Waals surface area contributed by atoms with Crippen LogP contribution < -0.4 is 10.2 Å². The molecule has 2 N–H and O–H groups in total. The zero-order valence-electron chi connectivity index (χ0n) is 9.31. The van der Waals surface area contributed by atoms with Crippen LogP contribution in [0.15, 0.2) is 24.3 Å². The summed E-state index contributed by atoms with van der Waals surface area (Å²) in [4.78, 5) is 13.0. The normalized spacial score (nSPS) is 20.8. The topological polar surface area (TPSA) is 52.6 Å². The lowest BCUT2D eigenvalue weighted by molar-refractivity contribution is 0.0697. The first-order valence-electron chi connectivity index (χ1n) is 5.49. The van der Waals surface area contributed by atoms with Crippen molar-refractivity contribution in [1.82, 2.24) is 5.32 Å². The van der Waals surface area contributed by atoms with Gasteiger partial charge in [-0.2, -0.15) is 0 Å². The minimum Gasteiger partial charge on any atom is -0.478 e. The van der Waals surface area contributed by atoms with E-state index in [2.05, 4.69) is 17.1 Å². The molecule has 0 aliphatic carbocycles. The van der Waals surface area contributed by atoms with E-state index in [1.807, 2.05) is 12.1 Å². The highest BCUT2D eigenvalue weighted by Crippen LogP contribution is 2.18. The molecule has 1 fully saturated rings. The summed E-state index contributed by atoms with van der Waals surface area (Å²) in [5.41, 5.74) is 1.44. The highest BCUT2D eigenvalue weighted by atomic mass is 16.4. The molecular weight excluding hydrogens is 204 g/mol. The number of carboxylic acid groups (broad SMARTS) is 1. The number of nitrogens with one attached hydrogen (secondary N) is 1. The number of nitrogens with zero attached hydrogens (tertiary/aromatic N) is 1. The first-order valence-corrected chi connectivity index (χ1v) is 5.49. The van der Waals surface area contributed by atoms with Crippen LogP contribution in [0.5, 0.6) is 0 Å². The maximum Gasteiger partial charge on any atom is 0.335 e. The number of rotatable bonds is 2. The third kappa shape index (κ3) is 2.17. The number of carbonyl (C=O) groups is 1. The summed E-state index contributed by atoms with van der Waals surface area (Å²) in [5, 5.41) is 12.1. The first kappa shape index (κ1) is 11.0. The van der Waals surface area contributed by atoms with Gasteiger partial charge in [-0.1, -0.05) is 0 Å². The minimum absolute atomic E-state index is 0.339. The largest absolute Gasteiger partial charge is 0.478 e. The molecule has 1 heterocycles. The minimum atomic E-state index is -0.875. The number of anilines is 1. The SMILES string of the molecule is C[C@H]1CNCCN1c1ccc(C(=O)O)cc1. The van der Waals surface area contributed by atoms with E-state index < -0.39 is 5.97 Å². The number of hydrogen-bond donors (Lipinski definition) is 2. The Morgan fingerprint density at radius 2 is 2.12 bits per heavy atom. The summed E-state index contributed by atoms with van der Waals surface area (Å²) >= 11 is 0. The Kier molecular flexibility index (Phi) is 3.10. The fraction of sp³-hybridized carbons (Fsp3) is 0.417. The molecule has 0 radical (unpaired) electrons. The monoisotopic (exact) mass is 220 g/mol. The molecule has 1 aromatic rings. The van der Waals surface area contributed by atoms with Crippen molar-refractivity contribution in [3.05, 3.63) is 29.8 Å². The number of carboxylic acids is 1. The Morgan fingerprint density at radius 3 is 2.69 bits per heavy atom. The predicted molar refractivity (Wildman–Crippen MR) is 63.1 cm³/mol. The predicted octanol–water partition coefficient (Wildman–Crippen LogP) is 1.18. The lowest BCUT2D eigenvalue weighted by Crippen LogP contribution is -2.49. The second kappa shape index (κ2) is 4.53. The molecule has 0 saturated carbocycles. The third-order valence-electron chi connectivity index (χ3n) is 2.95. The molecule has 1 aromatic carbocycles. The number of aromatic carboxylic acids is 1. The summed E-state index contributed by atoms with van der Waals surface area (Å²) in [6.45, 7) is 5.08. The average Bonchev–Trinajstić information content (AvgIpc) is 2.30. The molecule has 2 rings (SSSR count). The number of hydrogen-bond acceptors (Lipinski definition) is 3. The summed E-state index contributed by atoms with van der Waals surface area (Å²) < 4.78 is 0. The van der Waals surface area contributed by atoms with E-state index in [9.17, 15) is 4.79 Å². The van der Waals surface area contributed by atoms with E-state index in [4.69, 9.17) is 5.11 Å². The molecule has 0 aromatic heterocycles. The van der Waals surface area contributed by atoms with Crippen molar-refractivity contribution >= 4 is 11.7 Å². The fourth-order valence-electron chi connectivity index (χ4n) is 2.02. The van der Waals surface area contributed by atoms with Crippen LogP contribution in [0.2, 0.25) is 0 Å². The van der Waals surface area contributed by atoms with Crippen molar-refractivity contribution in [2.45, 2.75) is 13.0 Å². The highest BCUT2D eigenvalue weighted by molar-refractivity contribution is 5.88. The molecule has 0 amide bonds. The maximum absolute atomic E-state index is 10.7. The van der Waals surface area contributed by atoms with Crippen molar-refractivity contribution in [3.63, 3.8) is 0 Å². The lowest BCUT2D eigenvalue weighted by atomic mass is 10.1. The molecule has 0 bridgehead atoms. The first-order chi connectivity index (χ1) is 7.68. The fourth-order valence-corrected chi connectivity index (χ4v) is 2.02. The van der Waals surface area contributed by atoms with E-state index in [1.165, 1.54) is 0 Å². The van der Waals surface area contributed by atoms with Crippen LogP contribution in [0.25, 0.3) is 0 Å². The van der Waals surface area contributed by atoms with Crippen molar-refractivity contribution in [2.75, 3.05) is 24.5 Å². The van der Waals surface area contributed by atoms with Gasteiger partial charge in [-0.25, -0.2) is 4.79 Å². The number of piperazine rings is 1. The van der Waals surface area contributed by atoms with Gasteiger partial charge < -0.3 is 15.3 Å². The van der Waals surface area contributed by atoms with Gasteiger partial charge in [0.25, 0.3) is 0 Å². The number of benzene rings is 1. The Balaban J connectivity index is 2.17. The Labute approximate surface area is 94.9 Å². The van der Waals surface area contributed by atoms with Gasteiger partial charge in [0.05, 0.1) is 5.56 Å². The van der Waals surface area contributed by atoms with Crippen molar-refractivity contribution in [3.8, 4) is 0 Å². The molecule has 16 heavy (non-hydrogen) atoms. The summed E-state index contributed by atoms with van der Waals surface area (Å²) in [6, 6.07) is 7.53. The van der Waals surface area contributed by atoms with Crippen molar-refractivity contribution in [1.29, 1.82) is 0 Å². The second-order valence-electron chi connectivity index (χ2n) is 4.10. The quantitative estimate of drug-likeness (QED) is 0.786. The maximum atomic E-state index is 10.7. The van der Waals surface area contributed by atoms with E-state index in [0.29, 0.717) is 11.6 Å². The molecule has 1 saturated heterocycles. The van der Waals surface area contributed by atoms with E-state index in [1.54, 1.807) is 12.1 Å². The molecule has 1 aliphatic rings. The van der Waals surface area contributed by atoms with Crippen LogP contribution in [-0.2, 0) is 0 Å². The smallest absolute Gasteiger partial charge is 0.335 e. The van der Waals surface area contributed by atoms with Gasteiger partial charge in [-0.15, -0.1) is 0 Å². The van der Waals surface area contributed by atoms with Crippen LogP contribution >= 0.6 is 0 Å². The highest BCUT2D eigenvalue weighted by Gasteiger charge is 2.18. The lowest BCUT2D eigenvalue weighted by Gasteiger charge is -2.35. The molecule has 0 spiro atoms. The Morgan fingerprint density at radius 1 is 1.44 bits per heavy atom. The van der Waals surface area contributed by atoms with Crippen LogP contribution in [0.4, 0.5) is 5.69 Å². The Bertz CT molecular complexity index is 375. The van der Waals surface area contributed by atoms with Crippen molar-refractivity contribution in [2.24, 2.45) is 0 Å². The Hall–Kier alpha value is -1.55. The van der Waals surface area contributed by atoms with Gasteiger partial charge in [0.2, 0.25) is 0 Å². The van der Waals surface area contributed by atoms with E-state index in [-0.39, 0.29) is 0 Å². The molecule has 1 atom stereocenters. The summed E-state index contributed by atoms with van der Waals surface area (Å²) in [5.74, 6) is -0.875. The average molecular weight is 220 g/mol. The molecule has 4 nitrogen and oxygen atoms in total. The van der Waals surface area contributed by atoms with E-state index in [0.717, 1.165) is 25.3 Å². The molecule has 86 valence electrons. The zero-order chi connectivity index (χ0) is 11.5. The standard InChI is InChI=1S/C12H16N2O2/c1-9-8-13-6-7-14(9)11-4-2-10(3-5-11)12(15)16/h2-5,9,13H,6-8H2,1H3,(H,15,16)/t9-/m0/s1. The van der Waals surface area contributed by atoms with E-state index >= 15 is 0 Å². The van der Waals surface area contributed by atoms with Gasteiger partial charge in [0, 0.05) is 31.4 Å². The zero-order valence-corrected chi connectivity index (χ0v) is 9.31. The molecule has 0 unspecified atom stereocenters. The van der Waals surface area contributed by atoms with Crippen LogP contribution in [0.3, 0.4) is 0 Å². The van der Waals surface area contributed by atoms with Gasteiger partial charge in [0.1, 0.15) is 0 Å².